The third kappa shape index (κ3) is 7.92. The van der Waals surface area contributed by atoms with Gasteiger partial charge in [0.25, 0.3) is 0 Å². The average Bonchev–Trinajstić information content (AvgIpc) is 2.75. The lowest BCUT2D eigenvalue weighted by atomic mass is 9.88. The SMILES string of the molecule is C/C=C(/CCOC(=O)NCCC(c1ccccc1)c1ccc(Cl)cc1)N=CC=N. The van der Waals surface area contributed by atoms with Crippen molar-refractivity contribution in [2.24, 2.45) is 4.99 Å². The van der Waals surface area contributed by atoms with E-state index in [2.05, 4.69) is 22.4 Å². The van der Waals surface area contributed by atoms with E-state index < -0.39 is 6.09 Å². The molecule has 2 N–H and O–H groups in total. The average molecular weight is 412 g/mol. The van der Waals surface area contributed by atoms with Crippen LogP contribution in [0.5, 0.6) is 0 Å². The van der Waals surface area contributed by atoms with E-state index in [0.717, 1.165) is 23.9 Å². The van der Waals surface area contributed by atoms with Crippen LogP contribution in [0.15, 0.2) is 71.4 Å². The fraction of sp³-hybridized carbons (Fsp3) is 0.261. The maximum absolute atomic E-state index is 12.0. The molecule has 0 aliphatic carbocycles. The van der Waals surface area contributed by atoms with Crippen LogP contribution in [0.2, 0.25) is 5.02 Å². The predicted octanol–water partition coefficient (Wildman–Crippen LogP) is 5.60. The molecule has 1 unspecified atom stereocenters. The summed E-state index contributed by atoms with van der Waals surface area (Å²) in [6, 6.07) is 18.0. The van der Waals surface area contributed by atoms with Crippen molar-refractivity contribution in [2.45, 2.75) is 25.7 Å². The summed E-state index contributed by atoms with van der Waals surface area (Å²) in [6.45, 7) is 2.58. The fourth-order valence-electron chi connectivity index (χ4n) is 2.94. The highest BCUT2D eigenvalue weighted by atomic mass is 35.5. The lowest BCUT2D eigenvalue weighted by molar-refractivity contribution is 0.147. The normalized spacial score (nSPS) is 12.6. The Morgan fingerprint density at radius 1 is 1.17 bits per heavy atom. The minimum Gasteiger partial charge on any atom is -0.449 e. The number of carbonyl (C=O) groups excluding carboxylic acids is 1. The standard InChI is InChI=1S/C23H26ClN3O2/c1-2-21(26-16-14-25)13-17-29-23(28)27-15-12-22(18-6-4-3-5-7-18)19-8-10-20(24)11-9-19/h2-11,14,16,22,25H,12-13,15,17H2,1H3,(H,27,28)/b21-2-,25-14?,26-16?. The topological polar surface area (TPSA) is 74.5 Å². The molecule has 0 spiro atoms. The summed E-state index contributed by atoms with van der Waals surface area (Å²) in [5, 5.41) is 10.5. The quantitative estimate of drug-likeness (QED) is 0.499. The summed E-state index contributed by atoms with van der Waals surface area (Å²) < 4.78 is 5.22. The molecule has 152 valence electrons. The first-order valence-corrected chi connectivity index (χ1v) is 9.91. The summed E-state index contributed by atoms with van der Waals surface area (Å²) in [5.41, 5.74) is 3.11. The third-order valence-electron chi connectivity index (χ3n) is 4.42. The van der Waals surface area contributed by atoms with Gasteiger partial charge >= 0.3 is 6.09 Å². The zero-order chi connectivity index (χ0) is 20.9. The van der Waals surface area contributed by atoms with Crippen molar-refractivity contribution < 1.29 is 9.53 Å². The summed E-state index contributed by atoms with van der Waals surface area (Å²) in [5.74, 6) is 0.152. The van der Waals surface area contributed by atoms with Gasteiger partial charge in [0.05, 0.1) is 6.61 Å². The number of ether oxygens (including phenoxy) is 1. The van der Waals surface area contributed by atoms with Gasteiger partial charge < -0.3 is 15.5 Å². The summed E-state index contributed by atoms with van der Waals surface area (Å²) in [4.78, 5) is 16.1. The fourth-order valence-corrected chi connectivity index (χ4v) is 3.07. The number of allylic oxidation sites excluding steroid dienone is 1. The number of alkyl carbamates (subject to hydrolysis) is 1. The van der Waals surface area contributed by atoms with E-state index >= 15 is 0 Å². The molecule has 29 heavy (non-hydrogen) atoms. The van der Waals surface area contributed by atoms with E-state index in [1.165, 1.54) is 11.8 Å². The largest absolute Gasteiger partial charge is 0.449 e. The zero-order valence-electron chi connectivity index (χ0n) is 16.5. The Bertz CT molecular complexity index is 833. The first-order valence-electron chi connectivity index (χ1n) is 9.53. The van der Waals surface area contributed by atoms with Crippen molar-refractivity contribution in [3.8, 4) is 0 Å². The molecule has 2 aromatic carbocycles. The molecular formula is C23H26ClN3O2. The van der Waals surface area contributed by atoms with Crippen LogP contribution in [0.3, 0.4) is 0 Å². The highest BCUT2D eigenvalue weighted by Crippen LogP contribution is 2.28. The number of amides is 1. The minimum atomic E-state index is -0.445. The molecule has 0 bridgehead atoms. The Morgan fingerprint density at radius 3 is 2.52 bits per heavy atom. The van der Waals surface area contributed by atoms with Crippen LogP contribution in [0.25, 0.3) is 0 Å². The van der Waals surface area contributed by atoms with Gasteiger partial charge in [-0.3, -0.25) is 4.99 Å². The number of halogens is 1. The smallest absolute Gasteiger partial charge is 0.407 e. The molecule has 0 aliphatic heterocycles. The highest BCUT2D eigenvalue weighted by molar-refractivity contribution is 6.30. The molecule has 5 nitrogen and oxygen atoms in total. The van der Waals surface area contributed by atoms with E-state index in [-0.39, 0.29) is 12.5 Å². The van der Waals surface area contributed by atoms with E-state index in [1.807, 2.05) is 55.5 Å². The van der Waals surface area contributed by atoms with Gasteiger partial charge in [-0.15, -0.1) is 0 Å². The maximum atomic E-state index is 12.0. The van der Waals surface area contributed by atoms with E-state index in [0.29, 0.717) is 18.0 Å². The summed E-state index contributed by atoms with van der Waals surface area (Å²) in [7, 11) is 0. The monoisotopic (exact) mass is 411 g/mol. The number of hydrogen-bond donors (Lipinski definition) is 2. The van der Waals surface area contributed by atoms with E-state index in [9.17, 15) is 4.79 Å². The second kappa shape index (κ2) is 12.5. The van der Waals surface area contributed by atoms with Gasteiger partial charge in [0, 0.05) is 42.0 Å². The molecule has 0 fully saturated rings. The van der Waals surface area contributed by atoms with Gasteiger partial charge in [-0.2, -0.15) is 0 Å². The zero-order valence-corrected chi connectivity index (χ0v) is 17.2. The van der Waals surface area contributed by atoms with Gasteiger partial charge in [0.2, 0.25) is 0 Å². The molecule has 2 aromatic rings. The molecule has 1 atom stereocenters. The molecule has 0 heterocycles. The molecule has 0 aliphatic rings. The second-order valence-corrected chi connectivity index (χ2v) is 6.78. The number of nitrogens with one attached hydrogen (secondary N) is 2. The molecule has 0 saturated heterocycles. The van der Waals surface area contributed by atoms with Crippen LogP contribution in [0, 0.1) is 5.41 Å². The Morgan fingerprint density at radius 2 is 1.86 bits per heavy atom. The van der Waals surface area contributed by atoms with Crippen molar-refractivity contribution in [1.82, 2.24) is 5.32 Å². The molecule has 0 radical (unpaired) electrons. The van der Waals surface area contributed by atoms with Gasteiger partial charge in [-0.05, 0) is 36.6 Å². The van der Waals surface area contributed by atoms with Crippen molar-refractivity contribution in [2.75, 3.05) is 13.2 Å². The number of nitrogens with zero attached hydrogens (tertiary/aromatic N) is 1. The number of carbonyl (C=O) groups is 1. The van der Waals surface area contributed by atoms with Crippen LogP contribution in [-0.4, -0.2) is 31.7 Å². The molecule has 0 saturated carbocycles. The molecule has 1 amide bonds. The molecule has 2 rings (SSSR count). The third-order valence-corrected chi connectivity index (χ3v) is 4.67. The second-order valence-electron chi connectivity index (χ2n) is 6.34. The van der Waals surface area contributed by atoms with E-state index in [1.54, 1.807) is 0 Å². The van der Waals surface area contributed by atoms with Crippen LogP contribution < -0.4 is 5.32 Å². The first kappa shape index (κ1) is 22.4. The Hall–Kier alpha value is -2.92. The maximum Gasteiger partial charge on any atom is 0.407 e. The Labute approximate surface area is 177 Å². The van der Waals surface area contributed by atoms with Crippen molar-refractivity contribution in [3.05, 3.63) is 82.5 Å². The first-order chi connectivity index (χ1) is 14.1. The summed E-state index contributed by atoms with van der Waals surface area (Å²) in [6.07, 6.45) is 5.14. The predicted molar refractivity (Wildman–Crippen MR) is 119 cm³/mol. The molecule has 0 aromatic heterocycles. The number of aliphatic imine (C=N–C) groups is 1. The van der Waals surface area contributed by atoms with Crippen LogP contribution >= 0.6 is 11.6 Å². The molecular weight excluding hydrogens is 386 g/mol. The van der Waals surface area contributed by atoms with Crippen LogP contribution in [0.1, 0.15) is 36.8 Å². The van der Waals surface area contributed by atoms with Crippen molar-refractivity contribution >= 4 is 30.1 Å². The number of rotatable bonds is 10. The Kier molecular flexibility index (Phi) is 9.66. The van der Waals surface area contributed by atoms with Gasteiger partial charge in [0.1, 0.15) is 0 Å². The minimum absolute atomic E-state index is 0.152. The summed E-state index contributed by atoms with van der Waals surface area (Å²) >= 11 is 6.02. The lowest BCUT2D eigenvalue weighted by Crippen LogP contribution is -2.27. The van der Waals surface area contributed by atoms with Gasteiger partial charge in [0.15, 0.2) is 0 Å². The number of hydrogen-bond acceptors (Lipinski definition) is 4. The van der Waals surface area contributed by atoms with Crippen LogP contribution in [-0.2, 0) is 4.74 Å². The van der Waals surface area contributed by atoms with Crippen LogP contribution in [0.4, 0.5) is 4.79 Å². The van der Waals surface area contributed by atoms with Gasteiger partial charge in [-0.25, -0.2) is 4.79 Å². The van der Waals surface area contributed by atoms with Gasteiger partial charge in [-0.1, -0.05) is 60.1 Å². The van der Waals surface area contributed by atoms with E-state index in [4.69, 9.17) is 21.7 Å². The lowest BCUT2D eigenvalue weighted by Gasteiger charge is -2.18. The van der Waals surface area contributed by atoms with Crippen molar-refractivity contribution in [3.63, 3.8) is 0 Å². The molecule has 6 heteroatoms. The Balaban J connectivity index is 1.86. The van der Waals surface area contributed by atoms with Crippen molar-refractivity contribution in [1.29, 1.82) is 5.41 Å². The number of benzene rings is 2. The highest BCUT2D eigenvalue weighted by Gasteiger charge is 2.14.